The van der Waals surface area contributed by atoms with E-state index in [1.54, 1.807) is 6.33 Å². The van der Waals surface area contributed by atoms with Crippen LogP contribution in [0.2, 0.25) is 0 Å². The quantitative estimate of drug-likeness (QED) is 0.631. The minimum absolute atomic E-state index is 0.899. The number of aryl methyl sites for hydroxylation is 1. The maximum atomic E-state index is 4.00. The molecular weight excluding hydrogens is 150 g/mol. The van der Waals surface area contributed by atoms with Crippen molar-refractivity contribution in [2.45, 2.75) is 0 Å². The molecular formula is C9H9N3. The summed E-state index contributed by atoms with van der Waals surface area (Å²) in [6.07, 6.45) is 1.70. The standard InChI is InChI=1S/C9H9N3/c1-12-7-10-11-9(12)8-5-3-2-4-6-8/h2-7H,1H3. The van der Waals surface area contributed by atoms with Crippen LogP contribution in [0.15, 0.2) is 36.7 Å². The molecule has 0 amide bonds. The zero-order chi connectivity index (χ0) is 8.39. The van der Waals surface area contributed by atoms with E-state index >= 15 is 0 Å². The number of hydrogen-bond donors (Lipinski definition) is 0. The van der Waals surface area contributed by atoms with Gasteiger partial charge in [-0.2, -0.15) is 0 Å². The zero-order valence-electron chi connectivity index (χ0n) is 6.81. The number of rotatable bonds is 1. The lowest BCUT2D eigenvalue weighted by Gasteiger charge is -1.97. The van der Waals surface area contributed by atoms with Crippen molar-refractivity contribution in [1.29, 1.82) is 0 Å². The Morgan fingerprint density at radius 3 is 2.50 bits per heavy atom. The van der Waals surface area contributed by atoms with E-state index in [1.807, 2.05) is 41.9 Å². The Morgan fingerprint density at radius 1 is 1.17 bits per heavy atom. The van der Waals surface area contributed by atoms with Crippen LogP contribution in [0, 0.1) is 0 Å². The minimum Gasteiger partial charge on any atom is -0.317 e. The first-order valence-corrected chi connectivity index (χ1v) is 3.77. The lowest BCUT2D eigenvalue weighted by Crippen LogP contribution is -1.89. The fraction of sp³-hybridized carbons (Fsp3) is 0.111. The molecule has 60 valence electrons. The van der Waals surface area contributed by atoms with Crippen LogP contribution in [0.4, 0.5) is 0 Å². The average Bonchev–Trinajstić information content (AvgIpc) is 2.53. The van der Waals surface area contributed by atoms with E-state index in [-0.39, 0.29) is 0 Å². The third kappa shape index (κ3) is 1.09. The molecule has 0 atom stereocenters. The third-order valence-electron chi connectivity index (χ3n) is 1.74. The Labute approximate surface area is 70.7 Å². The normalized spacial score (nSPS) is 10.1. The van der Waals surface area contributed by atoms with Crippen molar-refractivity contribution in [3.05, 3.63) is 36.7 Å². The average molecular weight is 159 g/mol. The summed E-state index contributed by atoms with van der Waals surface area (Å²) >= 11 is 0. The van der Waals surface area contributed by atoms with Crippen molar-refractivity contribution < 1.29 is 0 Å². The molecule has 1 heterocycles. The second-order valence-electron chi connectivity index (χ2n) is 2.63. The largest absolute Gasteiger partial charge is 0.317 e. The molecule has 3 heteroatoms. The summed E-state index contributed by atoms with van der Waals surface area (Å²) in [6.45, 7) is 0. The predicted molar refractivity (Wildman–Crippen MR) is 46.4 cm³/mol. The van der Waals surface area contributed by atoms with Gasteiger partial charge in [-0.25, -0.2) is 0 Å². The van der Waals surface area contributed by atoms with Crippen molar-refractivity contribution in [2.75, 3.05) is 0 Å². The Morgan fingerprint density at radius 2 is 1.92 bits per heavy atom. The summed E-state index contributed by atoms with van der Waals surface area (Å²) in [5.41, 5.74) is 1.09. The lowest BCUT2D eigenvalue weighted by atomic mass is 10.2. The summed E-state index contributed by atoms with van der Waals surface area (Å²) in [6, 6.07) is 10.0. The highest BCUT2D eigenvalue weighted by molar-refractivity contribution is 5.54. The molecule has 12 heavy (non-hydrogen) atoms. The second-order valence-corrected chi connectivity index (χ2v) is 2.63. The predicted octanol–water partition coefficient (Wildman–Crippen LogP) is 1.48. The van der Waals surface area contributed by atoms with Gasteiger partial charge in [0.15, 0.2) is 5.82 Å². The van der Waals surface area contributed by atoms with Crippen LogP contribution in [0.5, 0.6) is 0 Å². The second kappa shape index (κ2) is 2.77. The monoisotopic (exact) mass is 159 g/mol. The van der Waals surface area contributed by atoms with E-state index in [4.69, 9.17) is 0 Å². The molecule has 0 saturated heterocycles. The van der Waals surface area contributed by atoms with Gasteiger partial charge in [0, 0.05) is 12.6 Å². The molecule has 2 rings (SSSR count). The fourth-order valence-corrected chi connectivity index (χ4v) is 1.13. The van der Waals surface area contributed by atoms with Gasteiger partial charge in [0.1, 0.15) is 6.33 Å². The van der Waals surface area contributed by atoms with Gasteiger partial charge in [-0.05, 0) is 0 Å². The number of hydrogen-bond acceptors (Lipinski definition) is 2. The van der Waals surface area contributed by atoms with Crippen LogP contribution < -0.4 is 0 Å². The maximum Gasteiger partial charge on any atom is 0.163 e. The first-order chi connectivity index (χ1) is 5.88. The molecule has 0 fully saturated rings. The van der Waals surface area contributed by atoms with Gasteiger partial charge in [-0.3, -0.25) is 0 Å². The van der Waals surface area contributed by atoms with E-state index < -0.39 is 0 Å². The summed E-state index contributed by atoms with van der Waals surface area (Å²) in [5, 5.41) is 7.81. The van der Waals surface area contributed by atoms with Crippen LogP contribution in [0.25, 0.3) is 11.4 Å². The van der Waals surface area contributed by atoms with Crippen LogP contribution in [-0.4, -0.2) is 14.8 Å². The molecule has 3 nitrogen and oxygen atoms in total. The van der Waals surface area contributed by atoms with E-state index in [9.17, 15) is 0 Å². The fourth-order valence-electron chi connectivity index (χ4n) is 1.13. The van der Waals surface area contributed by atoms with Gasteiger partial charge in [-0.15, -0.1) is 10.2 Å². The summed E-state index contributed by atoms with van der Waals surface area (Å²) in [4.78, 5) is 0. The van der Waals surface area contributed by atoms with Crippen molar-refractivity contribution in [3.8, 4) is 11.4 Å². The Hall–Kier alpha value is -1.64. The van der Waals surface area contributed by atoms with Gasteiger partial charge in [-0.1, -0.05) is 30.3 Å². The molecule has 0 aliphatic heterocycles. The molecule has 0 N–H and O–H groups in total. The zero-order valence-corrected chi connectivity index (χ0v) is 6.81. The highest BCUT2D eigenvalue weighted by Gasteiger charge is 2.01. The summed E-state index contributed by atoms with van der Waals surface area (Å²) < 4.78 is 1.90. The molecule has 0 unspecified atom stereocenters. The lowest BCUT2D eigenvalue weighted by molar-refractivity contribution is 0.920. The Bertz CT molecular complexity index is 364. The molecule has 1 aromatic heterocycles. The van der Waals surface area contributed by atoms with Crippen molar-refractivity contribution in [2.24, 2.45) is 7.05 Å². The van der Waals surface area contributed by atoms with Gasteiger partial charge in [0.05, 0.1) is 0 Å². The molecule has 0 bridgehead atoms. The minimum atomic E-state index is 0.899. The van der Waals surface area contributed by atoms with E-state index in [0.29, 0.717) is 0 Å². The van der Waals surface area contributed by atoms with Crippen LogP contribution >= 0.6 is 0 Å². The van der Waals surface area contributed by atoms with Gasteiger partial charge in [0.25, 0.3) is 0 Å². The molecule has 0 aliphatic rings. The first-order valence-electron chi connectivity index (χ1n) is 3.77. The number of nitrogens with zero attached hydrogens (tertiary/aromatic N) is 3. The van der Waals surface area contributed by atoms with Crippen molar-refractivity contribution >= 4 is 0 Å². The van der Waals surface area contributed by atoms with Crippen molar-refractivity contribution in [1.82, 2.24) is 14.8 Å². The molecule has 0 aliphatic carbocycles. The molecule has 0 radical (unpaired) electrons. The third-order valence-corrected chi connectivity index (χ3v) is 1.74. The van der Waals surface area contributed by atoms with E-state index in [1.165, 1.54) is 0 Å². The number of benzene rings is 1. The van der Waals surface area contributed by atoms with Gasteiger partial charge >= 0.3 is 0 Å². The smallest absolute Gasteiger partial charge is 0.163 e. The maximum absolute atomic E-state index is 4.00. The SMILES string of the molecule is Cn1cnnc1-c1ccccc1. The Balaban J connectivity index is 2.51. The molecule has 2 aromatic rings. The van der Waals surface area contributed by atoms with Crippen LogP contribution in [-0.2, 0) is 7.05 Å². The van der Waals surface area contributed by atoms with E-state index in [2.05, 4.69) is 10.2 Å². The van der Waals surface area contributed by atoms with E-state index in [0.717, 1.165) is 11.4 Å². The summed E-state index contributed by atoms with van der Waals surface area (Å²) in [5.74, 6) is 0.899. The Kier molecular flexibility index (Phi) is 1.63. The highest BCUT2D eigenvalue weighted by atomic mass is 15.2. The molecule has 0 spiro atoms. The molecule has 1 aromatic carbocycles. The van der Waals surface area contributed by atoms with Gasteiger partial charge < -0.3 is 4.57 Å². The molecule has 0 saturated carbocycles. The van der Waals surface area contributed by atoms with Crippen LogP contribution in [0.1, 0.15) is 0 Å². The summed E-state index contributed by atoms with van der Waals surface area (Å²) in [7, 11) is 1.93. The highest BCUT2D eigenvalue weighted by Crippen LogP contribution is 2.13. The number of aromatic nitrogens is 3. The van der Waals surface area contributed by atoms with Crippen LogP contribution in [0.3, 0.4) is 0 Å². The topological polar surface area (TPSA) is 30.7 Å². The van der Waals surface area contributed by atoms with Crippen molar-refractivity contribution in [3.63, 3.8) is 0 Å². The first kappa shape index (κ1) is 7.03. The van der Waals surface area contributed by atoms with Gasteiger partial charge in [0.2, 0.25) is 0 Å².